The first-order chi connectivity index (χ1) is 23.4. The molecule has 2 heterocycles. The molecule has 3 aromatic carbocycles. The molecule has 0 saturated heterocycles. The molecule has 5 rings (SSSR count). The summed E-state index contributed by atoms with van der Waals surface area (Å²) in [5.41, 5.74) is 5.93. The second-order valence-corrected chi connectivity index (χ2v) is 12.6. The minimum Gasteiger partial charge on any atom is -0.494 e. The van der Waals surface area contributed by atoms with Gasteiger partial charge in [0.2, 0.25) is 11.8 Å². The third kappa shape index (κ3) is 8.15. The quantitative estimate of drug-likeness (QED) is 0.152. The highest BCUT2D eigenvalue weighted by Gasteiger charge is 2.34. The van der Waals surface area contributed by atoms with Crippen molar-refractivity contribution in [3.8, 4) is 5.75 Å². The fourth-order valence-electron chi connectivity index (χ4n) is 6.83. The van der Waals surface area contributed by atoms with Crippen LogP contribution in [0.15, 0.2) is 78.9 Å². The summed E-state index contributed by atoms with van der Waals surface area (Å²) in [7, 11) is 1.68. The van der Waals surface area contributed by atoms with Crippen molar-refractivity contribution in [3.63, 3.8) is 0 Å². The van der Waals surface area contributed by atoms with Crippen molar-refractivity contribution >= 4 is 23.2 Å². The molecule has 9 nitrogen and oxygen atoms in total. The number of nitrogens with zero attached hydrogens (tertiary/aromatic N) is 2. The minimum absolute atomic E-state index is 0.00799. The molecule has 9 heteroatoms. The molecule has 4 atom stereocenters. The van der Waals surface area contributed by atoms with E-state index < -0.39 is 0 Å². The van der Waals surface area contributed by atoms with Crippen LogP contribution in [-0.2, 0) is 33.7 Å². The van der Waals surface area contributed by atoms with Gasteiger partial charge in [-0.2, -0.15) is 0 Å². The molecule has 3 aromatic rings. The molecule has 2 aliphatic heterocycles. The topological polar surface area (TPSA) is 112 Å². The number of ether oxygens (including phenoxy) is 2. The predicted octanol–water partition coefficient (Wildman–Crippen LogP) is 5.25. The number of hydrogen-bond acceptors (Lipinski definition) is 7. The fraction of sp³-hybridized carbons (Fsp3) is 0.436. The van der Waals surface area contributed by atoms with Gasteiger partial charge < -0.3 is 29.9 Å². The third-order valence-electron chi connectivity index (χ3n) is 9.35. The molecule has 0 aromatic heterocycles. The zero-order chi connectivity index (χ0) is 34.0. The second-order valence-electron chi connectivity index (χ2n) is 12.6. The molecule has 3 N–H and O–H groups in total. The molecule has 0 saturated carbocycles. The van der Waals surface area contributed by atoms with Crippen molar-refractivity contribution in [2.75, 3.05) is 38.4 Å². The van der Waals surface area contributed by atoms with Crippen LogP contribution in [0.1, 0.15) is 61.5 Å². The first kappa shape index (κ1) is 35.3. The molecule has 0 spiro atoms. The standard InChI is InChI=1S/C39H49N3O6/c1-4-48-34-18-19-36-31(23-34)24-35(40-20-7-8-21-43)39(46)42(36)32-16-14-28(15-17-32)38(47-3)27(2)10-9-13-37(45)41-25-30-12-6-5-11-29(30)22-33(41)26-44/h5-6,9-12,14-19,23,27,33,35,38,40,43-44H,4,7-8,13,20-22,24-26H2,1-3H3/b10-9+/t27-,33+,35?,38+/m1/s1. The van der Waals surface area contributed by atoms with E-state index in [9.17, 15) is 19.8 Å². The second kappa shape index (κ2) is 16.9. The van der Waals surface area contributed by atoms with Gasteiger partial charge >= 0.3 is 0 Å². The van der Waals surface area contributed by atoms with E-state index in [1.807, 2.05) is 79.7 Å². The Kier molecular flexibility index (Phi) is 12.4. The number of carbonyl (C=O) groups excluding carboxylic acids is 2. The van der Waals surface area contributed by atoms with Gasteiger partial charge in [-0.05, 0) is 91.7 Å². The summed E-state index contributed by atoms with van der Waals surface area (Å²) >= 11 is 0. The van der Waals surface area contributed by atoms with Crippen LogP contribution in [-0.4, -0.2) is 72.5 Å². The number of unbranched alkanes of at least 4 members (excludes halogenated alkanes) is 1. The Morgan fingerprint density at radius 2 is 1.79 bits per heavy atom. The van der Waals surface area contributed by atoms with Crippen LogP contribution in [0.5, 0.6) is 5.75 Å². The fourth-order valence-corrected chi connectivity index (χ4v) is 6.83. The Bertz CT molecular complexity index is 1560. The zero-order valence-electron chi connectivity index (χ0n) is 28.3. The van der Waals surface area contributed by atoms with Gasteiger partial charge in [-0.3, -0.25) is 14.5 Å². The Balaban J connectivity index is 1.28. The van der Waals surface area contributed by atoms with Gasteiger partial charge in [0.05, 0.1) is 37.1 Å². The van der Waals surface area contributed by atoms with Crippen LogP contribution >= 0.6 is 0 Å². The van der Waals surface area contributed by atoms with Gasteiger partial charge in [0.1, 0.15) is 5.75 Å². The van der Waals surface area contributed by atoms with Crippen LogP contribution < -0.4 is 15.0 Å². The number of aliphatic hydroxyl groups excluding tert-OH is 2. The number of hydrogen-bond donors (Lipinski definition) is 3. The summed E-state index contributed by atoms with van der Waals surface area (Å²) in [5.74, 6) is 0.729. The summed E-state index contributed by atoms with van der Waals surface area (Å²) < 4.78 is 11.7. The first-order valence-electron chi connectivity index (χ1n) is 17.1. The van der Waals surface area contributed by atoms with Crippen molar-refractivity contribution in [1.82, 2.24) is 10.2 Å². The molecular weight excluding hydrogens is 606 g/mol. The number of anilines is 2. The molecule has 1 unspecified atom stereocenters. The van der Waals surface area contributed by atoms with Crippen molar-refractivity contribution < 1.29 is 29.3 Å². The van der Waals surface area contributed by atoms with E-state index in [0.29, 0.717) is 39.0 Å². The lowest BCUT2D eigenvalue weighted by Gasteiger charge is -2.36. The van der Waals surface area contributed by atoms with Crippen molar-refractivity contribution in [1.29, 1.82) is 0 Å². The maximum Gasteiger partial charge on any atom is 0.249 e. The minimum atomic E-state index is -0.389. The lowest BCUT2D eigenvalue weighted by atomic mass is 9.93. The van der Waals surface area contributed by atoms with E-state index in [4.69, 9.17) is 9.47 Å². The van der Waals surface area contributed by atoms with Crippen molar-refractivity contribution in [2.45, 2.75) is 70.7 Å². The molecule has 0 bridgehead atoms. The number of fused-ring (bicyclic) bond motifs is 2. The van der Waals surface area contributed by atoms with Crippen molar-refractivity contribution in [3.05, 3.63) is 101 Å². The highest BCUT2D eigenvalue weighted by molar-refractivity contribution is 6.06. The Morgan fingerprint density at radius 3 is 2.50 bits per heavy atom. The number of benzene rings is 3. The predicted molar refractivity (Wildman–Crippen MR) is 187 cm³/mol. The van der Waals surface area contributed by atoms with Crippen LogP contribution in [0.3, 0.4) is 0 Å². The number of amides is 2. The summed E-state index contributed by atoms with van der Waals surface area (Å²) in [6, 6.07) is 21.3. The smallest absolute Gasteiger partial charge is 0.249 e. The van der Waals surface area contributed by atoms with Crippen LogP contribution in [0, 0.1) is 5.92 Å². The molecule has 2 amide bonds. The van der Waals surface area contributed by atoms with Gasteiger partial charge in [-0.25, -0.2) is 0 Å². The molecular formula is C39H49N3O6. The summed E-state index contributed by atoms with van der Waals surface area (Å²) in [6.45, 7) is 5.80. The Morgan fingerprint density at radius 1 is 1.02 bits per heavy atom. The van der Waals surface area contributed by atoms with E-state index in [1.54, 1.807) is 16.9 Å². The Hall–Kier alpha value is -4.02. The molecule has 48 heavy (non-hydrogen) atoms. The van der Waals surface area contributed by atoms with Crippen LogP contribution in [0.25, 0.3) is 0 Å². The largest absolute Gasteiger partial charge is 0.494 e. The van der Waals surface area contributed by atoms with E-state index in [2.05, 4.69) is 18.3 Å². The molecule has 256 valence electrons. The first-order valence-corrected chi connectivity index (χ1v) is 17.1. The van der Waals surface area contributed by atoms with Crippen molar-refractivity contribution in [2.24, 2.45) is 5.92 Å². The lowest BCUT2D eigenvalue weighted by molar-refractivity contribution is -0.134. The van der Waals surface area contributed by atoms with E-state index >= 15 is 0 Å². The number of nitrogens with one attached hydrogen (secondary N) is 1. The maximum absolute atomic E-state index is 13.8. The molecule has 2 aliphatic rings. The lowest BCUT2D eigenvalue weighted by Crippen LogP contribution is -2.49. The summed E-state index contributed by atoms with van der Waals surface area (Å²) in [6.07, 6.45) is 6.60. The van der Waals surface area contributed by atoms with Gasteiger partial charge in [0.15, 0.2) is 0 Å². The van der Waals surface area contributed by atoms with Gasteiger partial charge in [-0.15, -0.1) is 0 Å². The maximum atomic E-state index is 13.8. The van der Waals surface area contributed by atoms with Gasteiger partial charge in [0.25, 0.3) is 0 Å². The monoisotopic (exact) mass is 655 g/mol. The normalized spacial score (nSPS) is 18.8. The van der Waals surface area contributed by atoms with E-state index in [-0.39, 0.29) is 55.6 Å². The summed E-state index contributed by atoms with van der Waals surface area (Å²) in [4.78, 5) is 30.6. The average molecular weight is 656 g/mol. The molecule has 0 radical (unpaired) electrons. The van der Waals surface area contributed by atoms with Gasteiger partial charge in [-0.1, -0.05) is 55.5 Å². The highest BCUT2D eigenvalue weighted by atomic mass is 16.5. The number of rotatable bonds is 15. The Labute approximate surface area is 284 Å². The van der Waals surface area contributed by atoms with Crippen LogP contribution in [0.4, 0.5) is 11.4 Å². The van der Waals surface area contributed by atoms with E-state index in [1.165, 1.54) is 5.56 Å². The number of carbonyl (C=O) groups is 2. The highest BCUT2D eigenvalue weighted by Crippen LogP contribution is 2.38. The SMILES string of the molecule is CCOc1ccc2c(c1)CC(NCCCCO)C(=O)N2c1ccc([C@@H](OC)[C@H](C)/C=C/CC(=O)N2Cc3ccccc3C[C@H]2CO)cc1. The molecule has 0 aliphatic carbocycles. The molecule has 0 fully saturated rings. The average Bonchev–Trinajstić information content (AvgIpc) is 3.10. The van der Waals surface area contributed by atoms with Crippen LogP contribution in [0.2, 0.25) is 0 Å². The zero-order valence-corrected chi connectivity index (χ0v) is 28.3. The summed E-state index contributed by atoms with van der Waals surface area (Å²) in [5, 5.41) is 22.6. The van der Waals surface area contributed by atoms with Gasteiger partial charge in [0, 0.05) is 38.3 Å². The number of methoxy groups -OCH3 is 1. The van der Waals surface area contributed by atoms with E-state index in [0.717, 1.165) is 40.2 Å². The third-order valence-corrected chi connectivity index (χ3v) is 9.35. The number of aliphatic hydroxyl groups is 2.